The van der Waals surface area contributed by atoms with Crippen LogP contribution >= 0.6 is 15.9 Å². The first-order valence-corrected chi connectivity index (χ1v) is 5.85. The third-order valence-corrected chi connectivity index (χ3v) is 3.17. The maximum absolute atomic E-state index is 13.3. The van der Waals surface area contributed by atoms with Gasteiger partial charge in [-0.1, -0.05) is 22.9 Å². The molecule has 0 saturated heterocycles. The molecule has 0 spiro atoms. The van der Waals surface area contributed by atoms with Crippen LogP contribution in [0.4, 0.5) is 10.1 Å². The maximum atomic E-state index is 13.3. The fourth-order valence-electron chi connectivity index (χ4n) is 1.17. The molecule has 1 aromatic carbocycles. The Balaban J connectivity index is 2.84. The van der Waals surface area contributed by atoms with E-state index in [0.717, 1.165) is 12.1 Å². The van der Waals surface area contributed by atoms with Crippen molar-refractivity contribution in [3.63, 3.8) is 0 Å². The lowest BCUT2D eigenvalue weighted by molar-refractivity contribution is -0.115. The molecule has 0 aromatic heterocycles. The quantitative estimate of drug-likeness (QED) is 0.840. The van der Waals surface area contributed by atoms with E-state index in [1.54, 1.807) is 0 Å². The van der Waals surface area contributed by atoms with Crippen LogP contribution in [-0.2, 0) is 4.79 Å². The van der Waals surface area contributed by atoms with Crippen LogP contribution in [0.3, 0.4) is 0 Å². The number of carboxylic acid groups (broad SMARTS) is 1. The van der Waals surface area contributed by atoms with Crippen molar-refractivity contribution >= 4 is 33.5 Å². The second-order valence-corrected chi connectivity index (χ2v) is 4.47. The Hall–Kier alpha value is -1.43. The van der Waals surface area contributed by atoms with Crippen molar-refractivity contribution in [2.45, 2.75) is 18.2 Å². The molecule has 1 unspecified atom stereocenters. The van der Waals surface area contributed by atoms with E-state index in [1.807, 2.05) is 6.92 Å². The van der Waals surface area contributed by atoms with Gasteiger partial charge in [-0.05, 0) is 24.6 Å². The highest BCUT2D eigenvalue weighted by Gasteiger charge is 2.14. The fraction of sp³-hybridized carbons (Fsp3) is 0.273. The maximum Gasteiger partial charge on any atom is 0.338 e. The SMILES string of the molecule is CCC(Br)C(=O)Nc1ccc(C(=O)O)c(F)c1. The van der Waals surface area contributed by atoms with Crippen molar-refractivity contribution in [1.82, 2.24) is 0 Å². The molecule has 0 radical (unpaired) electrons. The molecule has 1 atom stereocenters. The van der Waals surface area contributed by atoms with Gasteiger partial charge in [0.15, 0.2) is 0 Å². The van der Waals surface area contributed by atoms with Crippen LogP contribution in [0.25, 0.3) is 0 Å². The molecular weight excluding hydrogens is 293 g/mol. The second-order valence-electron chi connectivity index (χ2n) is 3.36. The summed E-state index contributed by atoms with van der Waals surface area (Å²) in [6.45, 7) is 1.83. The first-order valence-electron chi connectivity index (χ1n) is 4.93. The van der Waals surface area contributed by atoms with Crippen LogP contribution in [0.15, 0.2) is 18.2 Å². The molecule has 0 aliphatic carbocycles. The van der Waals surface area contributed by atoms with Crippen LogP contribution in [-0.4, -0.2) is 21.8 Å². The smallest absolute Gasteiger partial charge is 0.338 e. The minimum absolute atomic E-state index is 0.232. The Morgan fingerprint density at radius 1 is 1.53 bits per heavy atom. The number of anilines is 1. The van der Waals surface area contributed by atoms with Gasteiger partial charge in [-0.3, -0.25) is 4.79 Å². The van der Waals surface area contributed by atoms with Crippen LogP contribution in [0.2, 0.25) is 0 Å². The summed E-state index contributed by atoms with van der Waals surface area (Å²) >= 11 is 3.16. The minimum atomic E-state index is -1.34. The number of carboxylic acids is 1. The Labute approximate surface area is 106 Å². The highest BCUT2D eigenvalue weighted by Crippen LogP contribution is 2.16. The highest BCUT2D eigenvalue weighted by atomic mass is 79.9. The second kappa shape index (κ2) is 5.77. The van der Waals surface area contributed by atoms with Gasteiger partial charge in [0.1, 0.15) is 5.82 Å². The molecule has 2 N–H and O–H groups in total. The molecule has 0 aliphatic heterocycles. The van der Waals surface area contributed by atoms with E-state index in [9.17, 15) is 14.0 Å². The van der Waals surface area contributed by atoms with E-state index in [-0.39, 0.29) is 16.4 Å². The lowest BCUT2D eigenvalue weighted by atomic mass is 10.2. The van der Waals surface area contributed by atoms with Crippen molar-refractivity contribution in [1.29, 1.82) is 0 Å². The van der Waals surface area contributed by atoms with Crippen LogP contribution in [0.5, 0.6) is 0 Å². The number of alkyl halides is 1. The number of nitrogens with one attached hydrogen (secondary N) is 1. The molecule has 4 nitrogen and oxygen atoms in total. The molecule has 0 heterocycles. The standard InChI is InChI=1S/C11H11BrFNO3/c1-2-8(12)10(15)14-6-3-4-7(11(16)17)9(13)5-6/h3-5,8H,2H2,1H3,(H,14,15)(H,16,17). The van der Waals surface area contributed by atoms with E-state index in [2.05, 4.69) is 21.2 Å². The number of hydrogen-bond donors (Lipinski definition) is 2. The molecular formula is C11H11BrFNO3. The van der Waals surface area contributed by atoms with Gasteiger partial charge in [0.25, 0.3) is 0 Å². The lowest BCUT2D eigenvalue weighted by Crippen LogP contribution is -2.22. The van der Waals surface area contributed by atoms with E-state index in [0.29, 0.717) is 6.42 Å². The number of rotatable bonds is 4. The van der Waals surface area contributed by atoms with Gasteiger partial charge in [0.05, 0.1) is 10.4 Å². The highest BCUT2D eigenvalue weighted by molar-refractivity contribution is 9.10. The molecule has 0 aliphatic rings. The molecule has 1 amide bonds. The topological polar surface area (TPSA) is 66.4 Å². The van der Waals surface area contributed by atoms with Crippen LogP contribution < -0.4 is 5.32 Å². The predicted octanol–water partition coefficient (Wildman–Crippen LogP) is 2.64. The van der Waals surface area contributed by atoms with Crippen molar-refractivity contribution in [3.8, 4) is 0 Å². The summed E-state index contributed by atoms with van der Waals surface area (Å²) < 4.78 is 13.3. The Kier molecular flexibility index (Phi) is 4.62. The molecule has 17 heavy (non-hydrogen) atoms. The Bertz CT molecular complexity index is 450. The third kappa shape index (κ3) is 3.52. The third-order valence-electron chi connectivity index (χ3n) is 2.11. The molecule has 1 rings (SSSR count). The van der Waals surface area contributed by atoms with Crippen LogP contribution in [0.1, 0.15) is 23.7 Å². The minimum Gasteiger partial charge on any atom is -0.478 e. The zero-order chi connectivity index (χ0) is 13.0. The van der Waals surface area contributed by atoms with Crippen molar-refractivity contribution < 1.29 is 19.1 Å². The van der Waals surface area contributed by atoms with E-state index < -0.39 is 17.3 Å². The molecule has 1 aromatic rings. The number of amides is 1. The normalized spacial score (nSPS) is 11.9. The molecule has 0 saturated carbocycles. The van der Waals surface area contributed by atoms with Crippen molar-refractivity contribution in [3.05, 3.63) is 29.6 Å². The number of carbonyl (C=O) groups is 2. The summed E-state index contributed by atoms with van der Waals surface area (Å²) in [6, 6.07) is 3.44. The lowest BCUT2D eigenvalue weighted by Gasteiger charge is -2.09. The van der Waals surface area contributed by atoms with Crippen molar-refractivity contribution in [2.75, 3.05) is 5.32 Å². The molecule has 92 valence electrons. The van der Waals surface area contributed by atoms with Gasteiger partial charge in [-0.25, -0.2) is 9.18 Å². The van der Waals surface area contributed by atoms with E-state index in [4.69, 9.17) is 5.11 Å². The van der Waals surface area contributed by atoms with Crippen LogP contribution in [0, 0.1) is 5.82 Å². The summed E-state index contributed by atoms with van der Waals surface area (Å²) in [5.74, 6) is -2.51. The van der Waals surface area contributed by atoms with E-state index in [1.165, 1.54) is 6.07 Å². The monoisotopic (exact) mass is 303 g/mol. The number of benzene rings is 1. The predicted molar refractivity (Wildman–Crippen MR) is 65.0 cm³/mol. The van der Waals surface area contributed by atoms with Gasteiger partial charge in [0.2, 0.25) is 5.91 Å². The number of hydrogen-bond acceptors (Lipinski definition) is 2. The molecule has 0 fully saturated rings. The first-order chi connectivity index (χ1) is 7.95. The summed E-state index contributed by atoms with van der Waals surface area (Å²) in [7, 11) is 0. The zero-order valence-electron chi connectivity index (χ0n) is 9.04. The average molecular weight is 304 g/mol. The summed E-state index contributed by atoms with van der Waals surface area (Å²) in [5, 5.41) is 11.1. The Morgan fingerprint density at radius 2 is 2.18 bits per heavy atom. The van der Waals surface area contributed by atoms with Crippen molar-refractivity contribution in [2.24, 2.45) is 0 Å². The number of halogens is 2. The van der Waals surface area contributed by atoms with Gasteiger partial charge >= 0.3 is 5.97 Å². The molecule has 0 bridgehead atoms. The zero-order valence-corrected chi connectivity index (χ0v) is 10.6. The van der Waals surface area contributed by atoms with E-state index >= 15 is 0 Å². The first kappa shape index (κ1) is 13.6. The van der Waals surface area contributed by atoms with Gasteiger partial charge in [0, 0.05) is 5.69 Å². The largest absolute Gasteiger partial charge is 0.478 e. The Morgan fingerprint density at radius 3 is 2.65 bits per heavy atom. The van der Waals surface area contributed by atoms with Gasteiger partial charge in [-0.2, -0.15) is 0 Å². The van der Waals surface area contributed by atoms with Gasteiger partial charge in [-0.15, -0.1) is 0 Å². The molecule has 6 heteroatoms. The fourth-order valence-corrected chi connectivity index (χ4v) is 1.29. The number of carbonyl (C=O) groups excluding carboxylic acids is 1. The number of aromatic carboxylic acids is 1. The van der Waals surface area contributed by atoms with Gasteiger partial charge < -0.3 is 10.4 Å². The summed E-state index contributed by atoms with van der Waals surface area (Å²) in [6.07, 6.45) is 0.599. The average Bonchev–Trinajstić information content (AvgIpc) is 2.27. The summed E-state index contributed by atoms with van der Waals surface area (Å²) in [5.41, 5.74) is -0.190. The summed E-state index contributed by atoms with van der Waals surface area (Å²) in [4.78, 5) is 21.7.